The lowest BCUT2D eigenvalue weighted by Gasteiger charge is -2.27. The molecule has 4 aromatic rings. The van der Waals surface area contributed by atoms with Gasteiger partial charge in [0.15, 0.2) is 17.3 Å². The Morgan fingerprint density at radius 1 is 0.983 bits per heavy atom. The Kier molecular flexibility index (Phi) is 13.2. The Bertz CT molecular complexity index is 2340. The number of carbonyl (C=O) groups excluding carboxylic acids is 7. The number of allylic oxidation sites excluding steroid dienone is 1. The van der Waals surface area contributed by atoms with Crippen LogP contribution in [0.1, 0.15) is 87.4 Å². The van der Waals surface area contributed by atoms with E-state index in [1.54, 1.807) is 41.2 Å². The first-order valence-corrected chi connectivity index (χ1v) is 19.0. The summed E-state index contributed by atoms with van der Waals surface area (Å²) >= 11 is 0. The molecule has 3 aromatic carbocycles. The zero-order chi connectivity index (χ0) is 42.1. The number of benzene rings is 3. The topological polar surface area (TPSA) is 217 Å². The molecule has 306 valence electrons. The van der Waals surface area contributed by atoms with Crippen molar-refractivity contribution >= 4 is 53.0 Å². The number of ketones is 1. The Morgan fingerprint density at radius 2 is 1.80 bits per heavy atom. The molecule has 2 aliphatic rings. The molecule has 1 atom stereocenters. The lowest BCUT2D eigenvalue weighted by molar-refractivity contribution is -0.136. The monoisotopic (exact) mass is 805 g/mol. The molecule has 0 aliphatic carbocycles. The fourth-order valence-electron chi connectivity index (χ4n) is 6.74. The third-order valence-electron chi connectivity index (χ3n) is 9.55. The van der Waals surface area contributed by atoms with Gasteiger partial charge in [0.2, 0.25) is 23.6 Å². The fraction of sp³-hybridized carbons (Fsp3) is 0.310. The minimum Gasteiger partial charge on any atom is -0.493 e. The van der Waals surface area contributed by atoms with Crippen LogP contribution in [0.25, 0.3) is 6.08 Å². The smallest absolute Gasteiger partial charge is 0.264 e. The van der Waals surface area contributed by atoms with E-state index < -0.39 is 35.6 Å². The molecule has 1 saturated heterocycles. The van der Waals surface area contributed by atoms with Gasteiger partial charge in [0.1, 0.15) is 24.1 Å². The van der Waals surface area contributed by atoms with Crippen LogP contribution in [0.15, 0.2) is 66.9 Å². The van der Waals surface area contributed by atoms with Gasteiger partial charge in [-0.15, -0.1) is 5.10 Å². The Hall–Kier alpha value is -7.17. The van der Waals surface area contributed by atoms with Crippen molar-refractivity contribution < 1.29 is 47.8 Å². The van der Waals surface area contributed by atoms with Crippen LogP contribution in [0.4, 0.5) is 5.69 Å². The summed E-state index contributed by atoms with van der Waals surface area (Å²) in [6.07, 6.45) is 5.66. The standard InChI is InChI=1S/C42H43N7O10/c1-4-58-36-22-30(27(21-35(36)57-3)18-19-43-25(2)50)33(51)16-14-26-9-5-6-12-34(26)59-24-28-23-48(47-46-28)20-8-13-37(52)44-31-11-7-10-29-39(31)42(56)49(41(29)55)32-15-17-38(53)45-40(32)54/h5-7,9-12,14,16,21-23,32H,4,8,13,15,17-20,24H2,1-3H3,(H,43,50)(H,44,52)(H,45,53,54)/b16-14+. The number of carbonyl (C=O) groups is 7. The number of aryl methyl sites for hydroxylation is 1. The summed E-state index contributed by atoms with van der Waals surface area (Å²) in [5, 5.41) is 16.0. The number of rotatable bonds is 18. The van der Waals surface area contributed by atoms with Crippen LogP contribution in [-0.2, 0) is 38.8 Å². The molecule has 1 unspecified atom stereocenters. The van der Waals surface area contributed by atoms with Gasteiger partial charge in [0.25, 0.3) is 11.8 Å². The minimum absolute atomic E-state index is 0.00200. The average Bonchev–Trinajstić information content (AvgIpc) is 3.77. The van der Waals surface area contributed by atoms with Crippen molar-refractivity contribution in [3.63, 3.8) is 0 Å². The Morgan fingerprint density at radius 3 is 2.56 bits per heavy atom. The van der Waals surface area contributed by atoms with Crippen LogP contribution in [0.3, 0.4) is 0 Å². The van der Waals surface area contributed by atoms with Crippen molar-refractivity contribution in [3.8, 4) is 17.2 Å². The predicted octanol–water partition coefficient (Wildman–Crippen LogP) is 3.66. The van der Waals surface area contributed by atoms with E-state index >= 15 is 0 Å². The Balaban J connectivity index is 1.03. The molecule has 3 heterocycles. The van der Waals surface area contributed by atoms with Crippen LogP contribution >= 0.6 is 0 Å². The SMILES string of the molecule is CCOc1cc(C(=O)/C=C/c2ccccc2OCc2cn(CCCC(=O)Nc3cccc4c3C(=O)N(C3CCC(=O)NC3=O)C4=O)nn2)c(CCNC(C)=O)cc1OC. The number of fused-ring (bicyclic) bond motifs is 1. The highest BCUT2D eigenvalue weighted by Gasteiger charge is 2.45. The number of amides is 6. The van der Waals surface area contributed by atoms with Crippen molar-refractivity contribution in [3.05, 3.63) is 100 Å². The average molecular weight is 806 g/mol. The van der Waals surface area contributed by atoms with Crippen LogP contribution in [0.2, 0.25) is 0 Å². The van der Waals surface area contributed by atoms with Crippen molar-refractivity contribution in [2.45, 2.75) is 65.1 Å². The fourth-order valence-corrected chi connectivity index (χ4v) is 6.74. The molecule has 17 nitrogen and oxygen atoms in total. The van der Waals surface area contributed by atoms with Gasteiger partial charge in [-0.1, -0.05) is 29.5 Å². The maximum absolute atomic E-state index is 13.6. The molecule has 17 heteroatoms. The molecule has 59 heavy (non-hydrogen) atoms. The normalized spacial score (nSPS) is 14.9. The van der Waals surface area contributed by atoms with Gasteiger partial charge in [-0.2, -0.15) is 0 Å². The van der Waals surface area contributed by atoms with Gasteiger partial charge in [-0.3, -0.25) is 48.5 Å². The third kappa shape index (κ3) is 9.87. The van der Waals surface area contributed by atoms with Crippen LogP contribution in [-0.4, -0.2) is 87.4 Å². The predicted molar refractivity (Wildman–Crippen MR) is 212 cm³/mol. The molecule has 1 fully saturated rings. The summed E-state index contributed by atoms with van der Waals surface area (Å²) in [4.78, 5) is 89.3. The number of piperidine rings is 1. The molecule has 2 aliphatic heterocycles. The number of para-hydroxylation sites is 1. The molecule has 0 saturated carbocycles. The second kappa shape index (κ2) is 18.8. The quantitative estimate of drug-likeness (QED) is 0.0746. The largest absolute Gasteiger partial charge is 0.493 e. The van der Waals surface area contributed by atoms with E-state index in [-0.39, 0.29) is 54.4 Å². The number of nitrogens with one attached hydrogen (secondary N) is 3. The zero-order valence-corrected chi connectivity index (χ0v) is 32.7. The number of hydrogen-bond acceptors (Lipinski definition) is 12. The van der Waals surface area contributed by atoms with Gasteiger partial charge in [-0.25, -0.2) is 0 Å². The zero-order valence-electron chi connectivity index (χ0n) is 32.7. The van der Waals surface area contributed by atoms with Gasteiger partial charge in [0, 0.05) is 44.0 Å². The lowest BCUT2D eigenvalue weighted by atomic mass is 9.98. The number of methoxy groups -OCH3 is 1. The molecule has 6 rings (SSSR count). The maximum Gasteiger partial charge on any atom is 0.264 e. The van der Waals surface area contributed by atoms with E-state index in [1.807, 2.05) is 19.1 Å². The lowest BCUT2D eigenvalue weighted by Crippen LogP contribution is -2.54. The van der Waals surface area contributed by atoms with Crippen molar-refractivity contribution in [1.82, 2.24) is 30.5 Å². The highest BCUT2D eigenvalue weighted by molar-refractivity contribution is 6.26. The van der Waals surface area contributed by atoms with Crippen LogP contribution in [0, 0.1) is 0 Å². The maximum atomic E-state index is 13.6. The first-order valence-electron chi connectivity index (χ1n) is 19.0. The summed E-state index contributed by atoms with van der Waals surface area (Å²) in [6.45, 7) is 4.40. The van der Waals surface area contributed by atoms with Crippen molar-refractivity contribution in [1.29, 1.82) is 0 Å². The molecular formula is C42H43N7O10. The molecular weight excluding hydrogens is 763 g/mol. The van der Waals surface area contributed by atoms with Crippen molar-refractivity contribution in [2.75, 3.05) is 25.6 Å². The summed E-state index contributed by atoms with van der Waals surface area (Å²) in [5.74, 6) is -1.98. The second-order valence-corrected chi connectivity index (χ2v) is 13.7. The molecule has 0 bridgehead atoms. The number of imide groups is 2. The summed E-state index contributed by atoms with van der Waals surface area (Å²) < 4.78 is 18.8. The third-order valence-corrected chi connectivity index (χ3v) is 9.55. The first kappa shape index (κ1) is 41.5. The van der Waals surface area contributed by atoms with E-state index in [0.29, 0.717) is 72.2 Å². The number of anilines is 1. The van der Waals surface area contributed by atoms with E-state index in [4.69, 9.17) is 14.2 Å². The molecule has 0 spiro atoms. The Labute approximate surface area is 339 Å². The van der Waals surface area contributed by atoms with E-state index in [1.165, 1.54) is 38.3 Å². The highest BCUT2D eigenvalue weighted by atomic mass is 16.5. The number of ether oxygens (including phenoxy) is 3. The van der Waals surface area contributed by atoms with Crippen LogP contribution in [0.5, 0.6) is 17.2 Å². The van der Waals surface area contributed by atoms with Crippen LogP contribution < -0.4 is 30.2 Å². The van der Waals surface area contributed by atoms with Gasteiger partial charge < -0.3 is 24.8 Å². The number of hydrogen-bond donors (Lipinski definition) is 3. The first-order chi connectivity index (χ1) is 28.5. The number of nitrogens with zero attached hydrogens (tertiary/aromatic N) is 4. The minimum atomic E-state index is -1.12. The molecule has 1 aromatic heterocycles. The second-order valence-electron chi connectivity index (χ2n) is 13.7. The number of aromatic nitrogens is 3. The van der Waals surface area contributed by atoms with E-state index in [2.05, 4.69) is 26.3 Å². The van der Waals surface area contributed by atoms with E-state index in [9.17, 15) is 33.6 Å². The molecule has 3 N–H and O–H groups in total. The summed E-state index contributed by atoms with van der Waals surface area (Å²) in [5.41, 5.74) is 2.50. The summed E-state index contributed by atoms with van der Waals surface area (Å²) in [6, 6.07) is 14.0. The van der Waals surface area contributed by atoms with Gasteiger partial charge in [0.05, 0.1) is 36.7 Å². The van der Waals surface area contributed by atoms with Crippen molar-refractivity contribution in [2.24, 2.45) is 0 Å². The van der Waals surface area contributed by atoms with Gasteiger partial charge >= 0.3 is 0 Å². The molecule has 0 radical (unpaired) electrons. The van der Waals surface area contributed by atoms with E-state index in [0.717, 1.165) is 4.90 Å². The van der Waals surface area contributed by atoms with Gasteiger partial charge in [-0.05, 0) is 74.2 Å². The molecule has 6 amide bonds. The highest BCUT2D eigenvalue weighted by Crippen LogP contribution is 2.34. The summed E-state index contributed by atoms with van der Waals surface area (Å²) in [7, 11) is 1.52.